The van der Waals surface area contributed by atoms with Crippen molar-refractivity contribution in [2.24, 2.45) is 0 Å². The molecule has 1 aliphatic rings. The van der Waals surface area contributed by atoms with Gasteiger partial charge in [-0.3, -0.25) is 4.79 Å². The molecule has 2 N–H and O–H groups in total. The number of benzene rings is 2. The van der Waals surface area contributed by atoms with Gasteiger partial charge >= 0.3 is 5.97 Å². The first-order chi connectivity index (χ1) is 14.3. The van der Waals surface area contributed by atoms with Gasteiger partial charge in [-0.1, -0.05) is 23.7 Å². The van der Waals surface area contributed by atoms with Crippen LogP contribution >= 0.6 is 11.6 Å². The van der Waals surface area contributed by atoms with Crippen LogP contribution in [0.5, 0.6) is 5.75 Å². The van der Waals surface area contributed by atoms with Crippen molar-refractivity contribution in [3.05, 3.63) is 53.1 Å². The summed E-state index contributed by atoms with van der Waals surface area (Å²) in [5.74, 6) is -1.87. The number of ether oxygens (including phenoxy) is 2. The lowest BCUT2D eigenvalue weighted by molar-refractivity contribution is -0.119. The number of morpholine rings is 1. The van der Waals surface area contributed by atoms with Crippen LogP contribution in [0.25, 0.3) is 0 Å². The number of hydrogen-bond acceptors (Lipinski definition) is 7. The topological polar surface area (TPSA) is 122 Å². The minimum absolute atomic E-state index is 0.0321. The van der Waals surface area contributed by atoms with Crippen molar-refractivity contribution in [2.45, 2.75) is 4.90 Å². The van der Waals surface area contributed by atoms with E-state index >= 15 is 0 Å². The first kappa shape index (κ1) is 22.0. The highest BCUT2D eigenvalue weighted by Gasteiger charge is 2.27. The zero-order valence-corrected chi connectivity index (χ0v) is 17.3. The number of amides is 1. The SMILES string of the molecule is O=C(COC(=O)c1ccccc1O)Nc1cc(S(=O)(=O)N2CCOCC2)ccc1Cl. The Morgan fingerprint density at radius 1 is 1.17 bits per heavy atom. The standard InChI is InChI=1S/C19H19ClN2O7S/c20-15-6-5-13(30(26,27)22-7-9-28-10-8-22)11-16(15)21-18(24)12-29-19(25)14-3-1-2-4-17(14)23/h1-6,11,23H,7-10,12H2,(H,21,24). The Morgan fingerprint density at radius 2 is 1.87 bits per heavy atom. The molecule has 1 heterocycles. The van der Waals surface area contributed by atoms with Crippen LogP contribution in [-0.4, -0.2) is 62.6 Å². The number of anilines is 1. The van der Waals surface area contributed by atoms with Crippen LogP contribution in [0.4, 0.5) is 5.69 Å². The summed E-state index contributed by atoms with van der Waals surface area (Å²) in [7, 11) is -3.77. The molecule has 1 aliphatic heterocycles. The number of nitrogens with zero attached hydrogens (tertiary/aromatic N) is 1. The maximum Gasteiger partial charge on any atom is 0.342 e. The summed E-state index contributed by atoms with van der Waals surface area (Å²) < 4.78 is 36.9. The van der Waals surface area contributed by atoms with Crippen LogP contribution in [0.1, 0.15) is 10.4 Å². The molecule has 9 nitrogen and oxygen atoms in total. The number of hydrogen-bond donors (Lipinski definition) is 2. The van der Waals surface area contributed by atoms with E-state index in [-0.39, 0.29) is 40.0 Å². The van der Waals surface area contributed by atoms with Gasteiger partial charge in [-0.25, -0.2) is 13.2 Å². The number of carbonyl (C=O) groups is 2. The first-order valence-corrected chi connectivity index (χ1v) is 10.7. The molecule has 0 radical (unpaired) electrons. The van der Waals surface area contributed by atoms with Gasteiger partial charge in [-0.2, -0.15) is 4.31 Å². The van der Waals surface area contributed by atoms with E-state index < -0.39 is 28.5 Å². The van der Waals surface area contributed by atoms with Crippen molar-refractivity contribution in [3.8, 4) is 5.75 Å². The minimum atomic E-state index is -3.77. The molecule has 0 saturated carbocycles. The molecule has 0 aliphatic carbocycles. The zero-order chi connectivity index (χ0) is 21.7. The molecule has 0 unspecified atom stereocenters. The fourth-order valence-corrected chi connectivity index (χ4v) is 4.34. The van der Waals surface area contributed by atoms with Gasteiger partial charge in [0, 0.05) is 13.1 Å². The molecule has 1 saturated heterocycles. The lowest BCUT2D eigenvalue weighted by Gasteiger charge is -2.26. The molecule has 30 heavy (non-hydrogen) atoms. The van der Waals surface area contributed by atoms with Gasteiger partial charge < -0.3 is 19.9 Å². The quantitative estimate of drug-likeness (QED) is 0.639. The number of phenols is 1. The number of para-hydroxylation sites is 1. The fraction of sp³-hybridized carbons (Fsp3) is 0.263. The van der Waals surface area contributed by atoms with Gasteiger partial charge in [0.05, 0.1) is 28.8 Å². The molecule has 11 heteroatoms. The van der Waals surface area contributed by atoms with Crippen LogP contribution < -0.4 is 5.32 Å². The van der Waals surface area contributed by atoms with Crippen molar-refractivity contribution in [1.29, 1.82) is 0 Å². The van der Waals surface area contributed by atoms with E-state index in [1.54, 1.807) is 6.07 Å². The third-order valence-corrected chi connectivity index (χ3v) is 6.50. The van der Waals surface area contributed by atoms with Crippen LogP contribution in [0.15, 0.2) is 47.4 Å². The summed E-state index contributed by atoms with van der Waals surface area (Å²) in [6, 6.07) is 9.70. The van der Waals surface area contributed by atoms with E-state index in [0.29, 0.717) is 13.2 Å². The van der Waals surface area contributed by atoms with Gasteiger partial charge in [-0.15, -0.1) is 0 Å². The van der Waals surface area contributed by atoms with Gasteiger partial charge in [0.25, 0.3) is 5.91 Å². The first-order valence-electron chi connectivity index (χ1n) is 8.91. The summed E-state index contributed by atoms with van der Waals surface area (Å²) in [4.78, 5) is 24.1. The molecule has 0 spiro atoms. The van der Waals surface area contributed by atoms with E-state index in [9.17, 15) is 23.1 Å². The van der Waals surface area contributed by atoms with E-state index in [2.05, 4.69) is 5.32 Å². The Morgan fingerprint density at radius 3 is 2.57 bits per heavy atom. The highest BCUT2D eigenvalue weighted by Crippen LogP contribution is 2.27. The summed E-state index contributed by atoms with van der Waals surface area (Å²) in [5.41, 5.74) is -0.0171. The second-order valence-electron chi connectivity index (χ2n) is 6.30. The third-order valence-electron chi connectivity index (χ3n) is 4.28. The largest absolute Gasteiger partial charge is 0.507 e. The van der Waals surface area contributed by atoms with Crippen molar-refractivity contribution >= 4 is 39.2 Å². The number of sulfonamides is 1. The monoisotopic (exact) mass is 454 g/mol. The van der Waals surface area contributed by atoms with Gasteiger partial charge in [0.1, 0.15) is 11.3 Å². The van der Waals surface area contributed by atoms with Crippen molar-refractivity contribution < 1.29 is 32.6 Å². The number of rotatable bonds is 6. The van der Waals surface area contributed by atoms with E-state index in [1.165, 1.54) is 40.7 Å². The predicted octanol–water partition coefficient (Wildman–Crippen LogP) is 1.86. The molecule has 1 fully saturated rings. The summed E-state index contributed by atoms with van der Waals surface area (Å²) in [5, 5.41) is 12.2. The Labute approximate surface area is 178 Å². The Hall–Kier alpha value is -2.66. The van der Waals surface area contributed by atoms with Gasteiger partial charge in [0.15, 0.2) is 6.61 Å². The van der Waals surface area contributed by atoms with Crippen LogP contribution in [0, 0.1) is 0 Å². The summed E-state index contributed by atoms with van der Waals surface area (Å²) in [6.07, 6.45) is 0. The van der Waals surface area contributed by atoms with Crippen molar-refractivity contribution in [1.82, 2.24) is 4.31 Å². The predicted molar refractivity (Wildman–Crippen MR) is 108 cm³/mol. The lowest BCUT2D eigenvalue weighted by atomic mass is 10.2. The molecule has 0 bridgehead atoms. The molecular formula is C19H19ClN2O7S. The highest BCUT2D eigenvalue weighted by atomic mass is 35.5. The van der Waals surface area contributed by atoms with E-state index in [1.807, 2.05) is 0 Å². The number of nitrogens with one attached hydrogen (secondary N) is 1. The average Bonchev–Trinajstić information content (AvgIpc) is 2.74. The second kappa shape index (κ2) is 9.43. The van der Waals surface area contributed by atoms with Crippen LogP contribution in [-0.2, 0) is 24.3 Å². The minimum Gasteiger partial charge on any atom is -0.507 e. The molecule has 0 atom stereocenters. The normalized spacial score (nSPS) is 14.8. The number of carbonyl (C=O) groups excluding carboxylic acids is 2. The molecule has 3 rings (SSSR count). The highest BCUT2D eigenvalue weighted by molar-refractivity contribution is 7.89. The zero-order valence-electron chi connectivity index (χ0n) is 15.7. The number of aromatic hydroxyl groups is 1. The maximum atomic E-state index is 12.8. The summed E-state index contributed by atoms with van der Waals surface area (Å²) in [6.45, 7) is 0.422. The Kier molecular flexibility index (Phi) is 6.93. The maximum absolute atomic E-state index is 12.8. The van der Waals surface area contributed by atoms with Crippen molar-refractivity contribution in [2.75, 3.05) is 38.2 Å². The van der Waals surface area contributed by atoms with Gasteiger partial charge in [-0.05, 0) is 30.3 Å². The van der Waals surface area contributed by atoms with E-state index in [0.717, 1.165) is 0 Å². The molecule has 2 aromatic rings. The molecule has 2 aromatic carbocycles. The Balaban J connectivity index is 1.67. The van der Waals surface area contributed by atoms with Crippen LogP contribution in [0.3, 0.4) is 0 Å². The summed E-state index contributed by atoms with van der Waals surface area (Å²) >= 11 is 6.07. The van der Waals surface area contributed by atoms with Crippen LogP contribution in [0.2, 0.25) is 5.02 Å². The molecule has 160 valence electrons. The third kappa shape index (κ3) is 5.08. The van der Waals surface area contributed by atoms with Crippen molar-refractivity contribution in [3.63, 3.8) is 0 Å². The fourth-order valence-electron chi connectivity index (χ4n) is 2.74. The van der Waals surface area contributed by atoms with E-state index in [4.69, 9.17) is 21.1 Å². The lowest BCUT2D eigenvalue weighted by Crippen LogP contribution is -2.40. The average molecular weight is 455 g/mol. The number of esters is 1. The number of halogens is 1. The smallest absolute Gasteiger partial charge is 0.342 e. The molecule has 1 amide bonds. The second-order valence-corrected chi connectivity index (χ2v) is 8.64. The Bertz CT molecular complexity index is 1050. The van der Waals surface area contributed by atoms with Gasteiger partial charge in [0.2, 0.25) is 10.0 Å². The molecule has 0 aromatic heterocycles. The molecular weight excluding hydrogens is 436 g/mol. The number of phenolic OH excluding ortho intramolecular Hbond substituents is 1.